The number of ether oxygens (including phenoxy) is 7. The smallest absolute Gasteiger partial charge is 0.387 e. The van der Waals surface area contributed by atoms with E-state index in [0.29, 0.717) is 61.9 Å². The maximum absolute atomic E-state index is 14.8. The second kappa shape index (κ2) is 21.8. The number of aromatic nitrogens is 2. The van der Waals surface area contributed by atoms with E-state index in [2.05, 4.69) is 24.1 Å². The van der Waals surface area contributed by atoms with Gasteiger partial charge < -0.3 is 33.2 Å². The van der Waals surface area contributed by atoms with E-state index >= 15 is 0 Å². The van der Waals surface area contributed by atoms with Crippen LogP contribution in [0.5, 0.6) is 51.7 Å². The van der Waals surface area contributed by atoms with E-state index in [0.717, 1.165) is 29.7 Å². The van der Waals surface area contributed by atoms with Gasteiger partial charge in [-0.2, -0.15) is 8.78 Å². The topological polar surface area (TPSA) is 183 Å². The summed E-state index contributed by atoms with van der Waals surface area (Å²) in [5.41, 5.74) is 1.29. The second-order valence-corrected chi connectivity index (χ2v) is 17.6. The molecular weight excluding hydrogens is 961 g/mol. The van der Waals surface area contributed by atoms with Crippen molar-refractivity contribution in [1.29, 1.82) is 0 Å². The molecule has 21 heteroatoms. The molecule has 0 spiro atoms. The van der Waals surface area contributed by atoms with Crippen molar-refractivity contribution >= 4 is 59.3 Å². The van der Waals surface area contributed by atoms with Crippen molar-refractivity contribution in [2.24, 2.45) is 0 Å². The monoisotopic (exact) mass is 1000 g/mol. The van der Waals surface area contributed by atoms with Crippen LogP contribution >= 0.6 is 0 Å². The summed E-state index contributed by atoms with van der Waals surface area (Å²) in [6.45, 7) is -3.12. The van der Waals surface area contributed by atoms with Crippen molar-refractivity contribution in [3.05, 3.63) is 162 Å². The summed E-state index contributed by atoms with van der Waals surface area (Å²) in [5.74, 6) is 0.916. The molecule has 0 aliphatic carbocycles. The number of hydrogen-bond donors (Lipinski definition) is 2. The van der Waals surface area contributed by atoms with Crippen molar-refractivity contribution in [3.8, 4) is 51.7 Å². The maximum Gasteiger partial charge on any atom is 0.387 e. The molecule has 6 aromatic carbocycles. The van der Waals surface area contributed by atoms with Crippen LogP contribution in [0.3, 0.4) is 0 Å². The van der Waals surface area contributed by atoms with Gasteiger partial charge in [0.15, 0.2) is 34.6 Å². The molecule has 0 aliphatic rings. The molecular formula is C49H40F4N4O11S2. The van der Waals surface area contributed by atoms with Gasteiger partial charge in [-0.15, -0.1) is 0 Å². The first-order chi connectivity index (χ1) is 33.6. The largest absolute Gasteiger partial charge is 0.493 e. The van der Waals surface area contributed by atoms with Crippen LogP contribution in [0.15, 0.2) is 150 Å². The molecule has 0 bridgehead atoms. The number of alkyl halides is 2. The van der Waals surface area contributed by atoms with Crippen LogP contribution in [0, 0.1) is 11.6 Å². The van der Waals surface area contributed by atoms with Crippen LogP contribution < -0.4 is 42.6 Å². The molecule has 362 valence electrons. The predicted molar refractivity (Wildman–Crippen MR) is 255 cm³/mol. The minimum absolute atomic E-state index is 0.0880. The Hall–Kier alpha value is -8.30. The van der Waals surface area contributed by atoms with Crippen molar-refractivity contribution < 1.29 is 67.6 Å². The van der Waals surface area contributed by atoms with Crippen molar-refractivity contribution in [1.82, 2.24) is 9.97 Å². The molecule has 8 aromatic rings. The van der Waals surface area contributed by atoms with E-state index in [-0.39, 0.29) is 33.5 Å². The van der Waals surface area contributed by atoms with Gasteiger partial charge >= 0.3 is 6.61 Å². The number of sulfonamides is 2. The third-order valence-corrected chi connectivity index (χ3v) is 12.2. The Balaban J connectivity index is 0.000000207. The third kappa shape index (κ3) is 12.2. The number of benzene rings is 6. The highest BCUT2D eigenvalue weighted by molar-refractivity contribution is 7.95. The van der Waals surface area contributed by atoms with Crippen molar-refractivity contribution in [2.75, 3.05) is 37.9 Å². The Morgan fingerprint density at radius 3 is 1.51 bits per heavy atom. The molecule has 0 saturated heterocycles. The molecule has 2 N–H and O–H groups in total. The number of anilines is 2. The van der Waals surface area contributed by atoms with Gasteiger partial charge in [-0.1, -0.05) is 36.4 Å². The van der Waals surface area contributed by atoms with Crippen molar-refractivity contribution in [3.63, 3.8) is 0 Å². The molecule has 2 heterocycles. The number of nitrogens with zero attached hydrogens (tertiary/aromatic N) is 2. The number of halogens is 4. The summed E-state index contributed by atoms with van der Waals surface area (Å²) in [6, 6.07) is 30.8. The SMILES string of the molecule is COc1cc2nccc(Oc3ccc(NS(=O)(=O)C=Cc4ccccc4)c(F)c3)c2cc1OC.COc1cc2nccc(Oc3ccc(NS(=O)(=O)c4cccc(OC(F)F)c4)c(F)c3)c2cc1OC. The van der Waals surface area contributed by atoms with Crippen LogP contribution in [-0.2, 0) is 20.0 Å². The number of hydrogen-bond acceptors (Lipinski definition) is 13. The molecule has 0 atom stereocenters. The van der Waals surface area contributed by atoms with Crippen LogP contribution in [0.2, 0.25) is 0 Å². The van der Waals surface area contributed by atoms with Gasteiger partial charge in [0.05, 0.1) is 61.2 Å². The van der Waals surface area contributed by atoms with E-state index in [1.807, 2.05) is 6.07 Å². The molecule has 0 amide bonds. The normalized spacial score (nSPS) is 11.4. The van der Waals surface area contributed by atoms with Crippen LogP contribution in [0.25, 0.3) is 27.9 Å². The summed E-state index contributed by atoms with van der Waals surface area (Å²) in [4.78, 5) is 8.20. The lowest BCUT2D eigenvalue weighted by molar-refractivity contribution is -0.0500. The number of nitrogens with one attached hydrogen (secondary N) is 2. The van der Waals surface area contributed by atoms with E-state index in [9.17, 15) is 34.4 Å². The fourth-order valence-corrected chi connectivity index (χ4v) is 8.53. The molecule has 0 radical (unpaired) electrons. The van der Waals surface area contributed by atoms with Gasteiger partial charge in [0.1, 0.15) is 28.7 Å². The molecule has 8 rings (SSSR count). The van der Waals surface area contributed by atoms with Gasteiger partial charge in [0.25, 0.3) is 20.0 Å². The zero-order chi connectivity index (χ0) is 50.0. The lowest BCUT2D eigenvalue weighted by Crippen LogP contribution is -2.14. The maximum atomic E-state index is 14.8. The van der Waals surface area contributed by atoms with E-state index in [1.165, 1.54) is 77.1 Å². The fraction of sp³-hybridized carbons (Fsp3) is 0.102. The molecule has 0 saturated carbocycles. The Morgan fingerprint density at radius 2 is 1.03 bits per heavy atom. The second-order valence-electron chi connectivity index (χ2n) is 14.4. The number of methoxy groups -OCH3 is 4. The standard InChI is InChI=1S/C25H21FN2O5S.C24H19F3N2O6S/c1-31-24-15-19-22(16-25(24)32-2)27-12-10-23(19)33-18-8-9-21(20(26)14-18)28-34(29,30)13-11-17-6-4-3-5-7-17;1-32-22-12-17-20(13-23(22)33-2)28-9-8-21(17)34-15-6-7-19(18(25)11-15)29-36(30,31)16-5-3-4-14(10-16)35-24(26)27/h3-16,28H,1-2H3;3-13,24,29H,1-2H3. The van der Waals surface area contributed by atoms with E-state index in [1.54, 1.807) is 66.9 Å². The minimum Gasteiger partial charge on any atom is -0.493 e. The summed E-state index contributed by atoms with van der Waals surface area (Å²) in [6.07, 6.45) is 4.49. The van der Waals surface area contributed by atoms with Crippen LogP contribution in [0.1, 0.15) is 5.56 Å². The molecule has 0 fully saturated rings. The zero-order valence-corrected chi connectivity index (χ0v) is 38.9. The summed E-state index contributed by atoms with van der Waals surface area (Å²) in [5, 5.41) is 2.19. The first kappa shape index (κ1) is 49.6. The van der Waals surface area contributed by atoms with Crippen LogP contribution in [0.4, 0.5) is 28.9 Å². The highest BCUT2D eigenvalue weighted by Crippen LogP contribution is 2.39. The summed E-state index contributed by atoms with van der Waals surface area (Å²) in [7, 11) is -2.19. The van der Waals surface area contributed by atoms with Crippen molar-refractivity contribution in [2.45, 2.75) is 11.5 Å². The third-order valence-electron chi connectivity index (χ3n) is 9.83. The molecule has 0 unspecified atom stereocenters. The average molecular weight is 1000 g/mol. The first-order valence-corrected chi connectivity index (χ1v) is 23.4. The number of rotatable bonds is 17. The van der Waals surface area contributed by atoms with E-state index in [4.69, 9.17) is 28.4 Å². The lowest BCUT2D eigenvalue weighted by Gasteiger charge is -2.14. The van der Waals surface area contributed by atoms with Gasteiger partial charge in [-0.3, -0.25) is 19.4 Å². The first-order valence-electron chi connectivity index (χ1n) is 20.4. The number of pyridine rings is 2. The molecule has 15 nitrogen and oxygen atoms in total. The molecule has 70 heavy (non-hydrogen) atoms. The Morgan fingerprint density at radius 1 is 0.529 bits per heavy atom. The Bertz CT molecular complexity index is 3430. The number of fused-ring (bicyclic) bond motifs is 2. The van der Waals surface area contributed by atoms with Gasteiger partial charge in [-0.05, 0) is 72.3 Å². The molecule has 2 aromatic heterocycles. The summed E-state index contributed by atoms with van der Waals surface area (Å²) < 4.78 is 146. The van der Waals surface area contributed by atoms with Crippen LogP contribution in [-0.4, -0.2) is 61.9 Å². The fourth-order valence-electron chi connectivity index (χ4n) is 6.55. The Kier molecular flexibility index (Phi) is 15.4. The quantitative estimate of drug-likeness (QED) is 0.0823. The highest BCUT2D eigenvalue weighted by atomic mass is 32.2. The zero-order valence-electron chi connectivity index (χ0n) is 37.2. The Labute approximate surface area is 398 Å². The van der Waals surface area contributed by atoms with Gasteiger partial charge in [0, 0.05) is 53.5 Å². The molecule has 0 aliphatic heterocycles. The average Bonchev–Trinajstić information content (AvgIpc) is 3.34. The van der Waals surface area contributed by atoms with Gasteiger partial charge in [-0.25, -0.2) is 25.6 Å². The van der Waals surface area contributed by atoms with Gasteiger partial charge in [0.2, 0.25) is 0 Å². The lowest BCUT2D eigenvalue weighted by atomic mass is 10.2. The van der Waals surface area contributed by atoms with E-state index < -0.39 is 38.3 Å². The highest BCUT2D eigenvalue weighted by Gasteiger charge is 2.20. The predicted octanol–water partition coefficient (Wildman–Crippen LogP) is 11.2. The minimum atomic E-state index is -4.30. The summed E-state index contributed by atoms with van der Waals surface area (Å²) >= 11 is 0.